The van der Waals surface area contributed by atoms with E-state index in [1.54, 1.807) is 0 Å². The van der Waals surface area contributed by atoms with Crippen LogP contribution in [-0.2, 0) is 6.42 Å². The number of hydrogen-bond donors (Lipinski definition) is 0. The fourth-order valence-electron chi connectivity index (χ4n) is 3.30. The monoisotopic (exact) mass is 466 g/mol. The average Bonchev–Trinajstić information content (AvgIpc) is 2.58. The molecule has 0 bridgehead atoms. The Hall–Kier alpha value is -1.40. The molecule has 4 rings (SSSR count). The molecule has 2 aliphatic rings. The average molecular weight is 468 g/mol. The summed E-state index contributed by atoms with van der Waals surface area (Å²) in [5.41, 5.74) is 4.69. The summed E-state index contributed by atoms with van der Waals surface area (Å²) < 4.78 is 13.9. The third-order valence-corrected chi connectivity index (χ3v) is 6.30. The lowest BCUT2D eigenvalue weighted by Gasteiger charge is -2.29. The van der Waals surface area contributed by atoms with E-state index in [9.17, 15) is 0 Å². The Bertz CT molecular complexity index is 758. The van der Waals surface area contributed by atoms with Gasteiger partial charge >= 0.3 is 0 Å². The van der Waals surface area contributed by atoms with Gasteiger partial charge in [0.15, 0.2) is 0 Å². The van der Waals surface area contributed by atoms with E-state index < -0.39 is 0 Å². The molecule has 2 aromatic carbocycles. The predicted molar refractivity (Wildman–Crippen MR) is 109 cm³/mol. The zero-order valence-electron chi connectivity index (χ0n) is 14.3. The molecule has 2 aromatic rings. The zero-order chi connectivity index (χ0) is 17.6. The van der Waals surface area contributed by atoms with Gasteiger partial charge in [-0.25, -0.2) is 0 Å². The third kappa shape index (κ3) is 3.22. The maximum atomic E-state index is 5.86. The van der Waals surface area contributed by atoms with Crippen LogP contribution in [-0.4, -0.2) is 40.4 Å². The van der Waals surface area contributed by atoms with Crippen LogP contribution in [0.1, 0.15) is 11.1 Å². The van der Waals surface area contributed by atoms with Gasteiger partial charge in [0.1, 0.15) is 24.7 Å². The Morgan fingerprint density at radius 3 is 1.68 bits per heavy atom. The van der Waals surface area contributed by atoms with Crippen molar-refractivity contribution in [3.05, 3.63) is 44.3 Å². The molecule has 0 N–H and O–H groups in total. The fourth-order valence-corrected chi connectivity index (χ4v) is 4.24. The molecule has 4 nitrogen and oxygen atoms in total. The number of anilines is 2. The van der Waals surface area contributed by atoms with Crippen molar-refractivity contribution in [2.75, 3.05) is 50.2 Å². The molecule has 0 aromatic heterocycles. The molecule has 0 radical (unpaired) electrons. The van der Waals surface area contributed by atoms with Gasteiger partial charge in [-0.15, -0.1) is 0 Å². The minimum Gasteiger partial charge on any atom is -0.490 e. The van der Waals surface area contributed by atoms with Crippen molar-refractivity contribution in [1.29, 1.82) is 0 Å². The number of ether oxygens (including phenoxy) is 2. The molecule has 0 spiro atoms. The predicted octanol–water partition coefficient (Wildman–Crippen LogP) is 4.46. The molecule has 2 heterocycles. The van der Waals surface area contributed by atoms with Crippen LogP contribution < -0.4 is 19.3 Å². The third-order valence-electron chi connectivity index (χ3n) is 4.83. The lowest BCUT2D eigenvalue weighted by molar-refractivity contribution is 0.310. The van der Waals surface area contributed by atoms with E-state index in [0.29, 0.717) is 0 Å². The van der Waals surface area contributed by atoms with Crippen molar-refractivity contribution in [3.63, 3.8) is 0 Å². The lowest BCUT2D eigenvalue weighted by Crippen LogP contribution is -2.29. The highest BCUT2D eigenvalue weighted by atomic mass is 79.9. The fraction of sp³-hybridized carbons (Fsp3) is 0.368. The summed E-state index contributed by atoms with van der Waals surface area (Å²) in [6.45, 7) is 3.29. The highest BCUT2D eigenvalue weighted by Gasteiger charge is 2.20. The van der Waals surface area contributed by atoms with E-state index in [1.165, 1.54) is 11.1 Å². The molecule has 0 unspecified atom stereocenters. The second kappa shape index (κ2) is 6.72. The maximum absolute atomic E-state index is 5.86. The standard InChI is InChI=1S/C19H20Br2N2O2/c1-22-3-5-24-18-8-12(14(20)10-16(18)22)7-13-9-19-17(11-15(13)21)23(2)4-6-25-19/h8-11H,3-7H2,1-2H3. The van der Waals surface area contributed by atoms with Gasteiger partial charge in [-0.05, 0) is 41.8 Å². The molecule has 0 saturated carbocycles. The van der Waals surface area contributed by atoms with Crippen LogP contribution >= 0.6 is 31.9 Å². The summed E-state index contributed by atoms with van der Waals surface area (Å²) in [6.07, 6.45) is 0.807. The van der Waals surface area contributed by atoms with Gasteiger partial charge in [-0.1, -0.05) is 31.9 Å². The van der Waals surface area contributed by atoms with Crippen molar-refractivity contribution in [2.24, 2.45) is 0 Å². The van der Waals surface area contributed by atoms with Gasteiger partial charge in [-0.3, -0.25) is 0 Å². The normalized spacial score (nSPS) is 16.0. The molecule has 6 heteroatoms. The molecule has 132 valence electrons. The van der Waals surface area contributed by atoms with E-state index in [1.807, 2.05) is 0 Å². The first-order valence-corrected chi connectivity index (χ1v) is 9.94. The quantitative estimate of drug-likeness (QED) is 0.650. The van der Waals surface area contributed by atoms with Crippen LogP contribution in [0.25, 0.3) is 0 Å². The van der Waals surface area contributed by atoms with Crippen molar-refractivity contribution >= 4 is 43.2 Å². The molecule has 0 saturated heterocycles. The molecule has 0 amide bonds. The smallest absolute Gasteiger partial charge is 0.143 e. The van der Waals surface area contributed by atoms with Crippen LogP contribution in [0.15, 0.2) is 33.2 Å². The van der Waals surface area contributed by atoms with Crippen LogP contribution in [0.4, 0.5) is 11.4 Å². The van der Waals surface area contributed by atoms with Crippen LogP contribution in [0, 0.1) is 0 Å². The number of nitrogens with zero attached hydrogens (tertiary/aromatic N) is 2. The minimum atomic E-state index is 0.729. The number of hydrogen-bond acceptors (Lipinski definition) is 4. The summed E-state index contributed by atoms with van der Waals surface area (Å²) in [4.78, 5) is 4.46. The number of benzene rings is 2. The molecule has 0 aliphatic carbocycles. The van der Waals surface area contributed by atoms with E-state index in [0.717, 1.165) is 64.5 Å². The van der Waals surface area contributed by atoms with Crippen molar-refractivity contribution < 1.29 is 9.47 Å². The molecule has 2 aliphatic heterocycles. The largest absolute Gasteiger partial charge is 0.490 e. The second-order valence-electron chi connectivity index (χ2n) is 6.54. The van der Waals surface area contributed by atoms with Crippen LogP contribution in [0.2, 0.25) is 0 Å². The maximum Gasteiger partial charge on any atom is 0.143 e. The first kappa shape index (κ1) is 17.0. The highest BCUT2D eigenvalue weighted by molar-refractivity contribution is 9.10. The summed E-state index contributed by atoms with van der Waals surface area (Å²) in [5.74, 6) is 1.91. The molecular formula is C19H20Br2N2O2. The summed E-state index contributed by atoms with van der Waals surface area (Å²) in [5, 5.41) is 0. The number of rotatable bonds is 2. The van der Waals surface area contributed by atoms with Gasteiger partial charge in [0.05, 0.1) is 24.5 Å². The molecular weight excluding hydrogens is 448 g/mol. The highest BCUT2D eigenvalue weighted by Crippen LogP contribution is 2.40. The van der Waals surface area contributed by atoms with Crippen molar-refractivity contribution in [2.45, 2.75) is 6.42 Å². The number of halogens is 2. The van der Waals surface area contributed by atoms with E-state index in [2.05, 4.69) is 80.0 Å². The van der Waals surface area contributed by atoms with Crippen molar-refractivity contribution in [1.82, 2.24) is 0 Å². The first-order chi connectivity index (χ1) is 12.0. The topological polar surface area (TPSA) is 24.9 Å². The molecule has 0 atom stereocenters. The second-order valence-corrected chi connectivity index (χ2v) is 8.25. The van der Waals surface area contributed by atoms with Gasteiger partial charge in [-0.2, -0.15) is 0 Å². The number of likely N-dealkylation sites (N-methyl/N-ethyl adjacent to an activating group) is 2. The summed E-state index contributed by atoms with van der Waals surface area (Å²) >= 11 is 7.46. The van der Waals surface area contributed by atoms with Crippen molar-refractivity contribution in [3.8, 4) is 11.5 Å². The van der Waals surface area contributed by atoms with Crippen LogP contribution in [0.3, 0.4) is 0 Å². The van der Waals surface area contributed by atoms with Gasteiger partial charge in [0, 0.05) is 23.0 Å². The molecule has 25 heavy (non-hydrogen) atoms. The van der Waals surface area contributed by atoms with Gasteiger partial charge in [0.25, 0.3) is 0 Å². The number of fused-ring (bicyclic) bond motifs is 2. The zero-order valence-corrected chi connectivity index (χ0v) is 17.5. The minimum absolute atomic E-state index is 0.729. The SMILES string of the molecule is CN1CCOc2cc(Cc3cc4c(cc3Br)N(C)CCO4)c(Br)cc21. The first-order valence-electron chi connectivity index (χ1n) is 8.35. The summed E-state index contributed by atoms with van der Waals surface area (Å²) in [7, 11) is 4.20. The Morgan fingerprint density at radius 2 is 1.24 bits per heavy atom. The van der Waals surface area contributed by atoms with Gasteiger partial charge in [0.2, 0.25) is 0 Å². The lowest BCUT2D eigenvalue weighted by atomic mass is 10.0. The Kier molecular flexibility index (Phi) is 4.58. The van der Waals surface area contributed by atoms with E-state index >= 15 is 0 Å². The van der Waals surface area contributed by atoms with Crippen LogP contribution in [0.5, 0.6) is 11.5 Å². The summed E-state index contributed by atoms with van der Waals surface area (Å²) in [6, 6.07) is 8.60. The van der Waals surface area contributed by atoms with E-state index in [-0.39, 0.29) is 0 Å². The van der Waals surface area contributed by atoms with E-state index in [4.69, 9.17) is 9.47 Å². The van der Waals surface area contributed by atoms with Gasteiger partial charge < -0.3 is 19.3 Å². The Morgan fingerprint density at radius 1 is 0.800 bits per heavy atom. The molecule has 0 fully saturated rings. The Balaban J connectivity index is 1.69. The Labute approximate surface area is 165 Å².